The second kappa shape index (κ2) is 9.05. The van der Waals surface area contributed by atoms with Gasteiger partial charge in [0.05, 0.1) is 9.92 Å². The normalized spacial score (nSPS) is 13.6. The van der Waals surface area contributed by atoms with Crippen LogP contribution in [0.15, 0.2) is 53.6 Å². The highest BCUT2D eigenvalue weighted by Gasteiger charge is 2.28. The van der Waals surface area contributed by atoms with Gasteiger partial charge in [-0.05, 0) is 54.4 Å². The SMILES string of the molecule is CCN(CC)S(=O)(=O)c1ccc2c(c1)CCN2C(=O)COc1ccc(Cl)c2cccnc12. The topological polar surface area (TPSA) is 79.8 Å². The van der Waals surface area contributed by atoms with Gasteiger partial charge < -0.3 is 9.64 Å². The van der Waals surface area contributed by atoms with Crippen LogP contribution in [0.2, 0.25) is 5.02 Å². The van der Waals surface area contributed by atoms with Gasteiger partial charge >= 0.3 is 0 Å². The quantitative estimate of drug-likeness (QED) is 0.520. The van der Waals surface area contributed by atoms with Crippen molar-refractivity contribution in [1.82, 2.24) is 9.29 Å². The second-order valence-electron chi connectivity index (χ2n) is 7.41. The molecule has 9 heteroatoms. The van der Waals surface area contributed by atoms with Gasteiger partial charge in [-0.15, -0.1) is 0 Å². The van der Waals surface area contributed by atoms with Crippen molar-refractivity contribution in [3.05, 3.63) is 59.2 Å². The summed E-state index contributed by atoms with van der Waals surface area (Å²) in [5.74, 6) is 0.278. The van der Waals surface area contributed by atoms with Crippen LogP contribution in [0.3, 0.4) is 0 Å². The van der Waals surface area contributed by atoms with E-state index in [9.17, 15) is 13.2 Å². The fraction of sp³-hybridized carbons (Fsp3) is 0.304. The Labute approximate surface area is 192 Å². The molecule has 1 aliphatic rings. The Morgan fingerprint density at radius 1 is 1.19 bits per heavy atom. The number of rotatable bonds is 7. The molecule has 0 aliphatic carbocycles. The minimum absolute atomic E-state index is 0.160. The third-order valence-electron chi connectivity index (χ3n) is 5.62. The first-order chi connectivity index (χ1) is 15.4. The van der Waals surface area contributed by atoms with E-state index in [0.717, 1.165) is 16.6 Å². The predicted molar refractivity (Wildman–Crippen MR) is 125 cm³/mol. The number of hydrogen-bond acceptors (Lipinski definition) is 5. The number of hydrogen-bond donors (Lipinski definition) is 0. The monoisotopic (exact) mass is 473 g/mol. The van der Waals surface area contributed by atoms with Crippen LogP contribution in [0.4, 0.5) is 5.69 Å². The Kier molecular flexibility index (Phi) is 6.37. The van der Waals surface area contributed by atoms with E-state index < -0.39 is 10.0 Å². The molecule has 2 heterocycles. The minimum atomic E-state index is -3.54. The summed E-state index contributed by atoms with van der Waals surface area (Å²) in [6, 6.07) is 12.0. The Bertz CT molecular complexity index is 1280. The molecule has 0 radical (unpaired) electrons. The number of halogens is 1. The van der Waals surface area contributed by atoms with Crippen molar-refractivity contribution in [1.29, 1.82) is 0 Å². The number of fused-ring (bicyclic) bond motifs is 2. The summed E-state index contributed by atoms with van der Waals surface area (Å²) in [6.07, 6.45) is 2.24. The number of sulfonamides is 1. The number of pyridine rings is 1. The summed E-state index contributed by atoms with van der Waals surface area (Å²) < 4.78 is 32.8. The molecule has 1 amide bonds. The van der Waals surface area contributed by atoms with Crippen LogP contribution in [-0.2, 0) is 21.2 Å². The molecular formula is C23H24ClN3O4S. The number of carbonyl (C=O) groups is 1. The van der Waals surface area contributed by atoms with Crippen molar-refractivity contribution in [3.63, 3.8) is 0 Å². The summed E-state index contributed by atoms with van der Waals surface area (Å²) in [7, 11) is -3.54. The molecule has 1 aliphatic heterocycles. The van der Waals surface area contributed by atoms with Gasteiger partial charge in [-0.2, -0.15) is 4.31 Å². The number of nitrogens with zero attached hydrogens (tertiary/aromatic N) is 3. The molecule has 0 bridgehead atoms. The van der Waals surface area contributed by atoms with Crippen LogP contribution < -0.4 is 9.64 Å². The van der Waals surface area contributed by atoms with Crippen LogP contribution >= 0.6 is 11.6 Å². The largest absolute Gasteiger partial charge is 0.481 e. The van der Waals surface area contributed by atoms with Crippen molar-refractivity contribution in [2.45, 2.75) is 25.2 Å². The van der Waals surface area contributed by atoms with E-state index in [1.54, 1.807) is 47.5 Å². The molecular weight excluding hydrogens is 450 g/mol. The standard InChI is InChI=1S/C23H24ClN3O4S/c1-3-26(4-2)32(29,30)17-7-9-20-16(14-17)11-13-27(20)22(28)15-31-21-10-8-19(24)18-6-5-12-25-23(18)21/h5-10,12,14H,3-4,11,13,15H2,1-2H3. The zero-order chi connectivity index (χ0) is 22.9. The van der Waals surface area contributed by atoms with E-state index in [1.807, 2.05) is 19.9 Å². The molecule has 0 spiro atoms. The lowest BCUT2D eigenvalue weighted by molar-refractivity contribution is -0.120. The summed E-state index contributed by atoms with van der Waals surface area (Å²) in [4.78, 5) is 19.1. The second-order valence-corrected chi connectivity index (χ2v) is 9.75. The van der Waals surface area contributed by atoms with Crippen LogP contribution in [-0.4, -0.2) is 49.9 Å². The van der Waals surface area contributed by atoms with E-state index in [1.165, 1.54) is 4.31 Å². The molecule has 4 rings (SSSR count). The first kappa shape index (κ1) is 22.5. The maximum Gasteiger partial charge on any atom is 0.264 e. The summed E-state index contributed by atoms with van der Waals surface area (Å²) in [5, 5.41) is 1.32. The van der Waals surface area contributed by atoms with E-state index in [4.69, 9.17) is 16.3 Å². The number of ether oxygens (including phenoxy) is 1. The van der Waals surface area contributed by atoms with Crippen LogP contribution in [0.25, 0.3) is 10.9 Å². The maximum atomic E-state index is 12.9. The molecule has 0 atom stereocenters. The number of benzene rings is 2. The minimum Gasteiger partial charge on any atom is -0.481 e. The van der Waals surface area contributed by atoms with Gasteiger partial charge in [0.15, 0.2) is 6.61 Å². The van der Waals surface area contributed by atoms with E-state index in [2.05, 4.69) is 4.98 Å². The van der Waals surface area contributed by atoms with Crippen LogP contribution in [0.1, 0.15) is 19.4 Å². The lowest BCUT2D eigenvalue weighted by Gasteiger charge is -2.20. The van der Waals surface area contributed by atoms with E-state index >= 15 is 0 Å². The average molecular weight is 474 g/mol. The Balaban J connectivity index is 1.52. The van der Waals surface area contributed by atoms with Crippen molar-refractivity contribution >= 4 is 44.1 Å². The number of carbonyl (C=O) groups excluding carboxylic acids is 1. The van der Waals surface area contributed by atoms with Crippen molar-refractivity contribution in [2.24, 2.45) is 0 Å². The molecule has 0 N–H and O–H groups in total. The highest BCUT2D eigenvalue weighted by Crippen LogP contribution is 2.32. The smallest absolute Gasteiger partial charge is 0.264 e. The lowest BCUT2D eigenvalue weighted by Crippen LogP contribution is -2.33. The van der Waals surface area contributed by atoms with Crippen LogP contribution in [0, 0.1) is 0 Å². The van der Waals surface area contributed by atoms with Crippen LogP contribution in [0.5, 0.6) is 5.75 Å². The highest BCUT2D eigenvalue weighted by atomic mass is 35.5. The van der Waals surface area contributed by atoms with Crippen molar-refractivity contribution < 1.29 is 17.9 Å². The van der Waals surface area contributed by atoms with Gasteiger partial charge in [0.1, 0.15) is 11.3 Å². The summed E-state index contributed by atoms with van der Waals surface area (Å²) in [6.45, 7) is 4.76. The fourth-order valence-electron chi connectivity index (χ4n) is 3.96. The summed E-state index contributed by atoms with van der Waals surface area (Å²) in [5.41, 5.74) is 2.15. The molecule has 3 aromatic rings. The van der Waals surface area contributed by atoms with Gasteiger partial charge in [-0.1, -0.05) is 25.4 Å². The summed E-state index contributed by atoms with van der Waals surface area (Å²) >= 11 is 6.22. The zero-order valence-corrected chi connectivity index (χ0v) is 19.5. The lowest BCUT2D eigenvalue weighted by atomic mass is 10.2. The number of anilines is 1. The van der Waals surface area contributed by atoms with Crippen molar-refractivity contribution in [2.75, 3.05) is 31.1 Å². The first-order valence-electron chi connectivity index (χ1n) is 10.5. The average Bonchev–Trinajstić information content (AvgIpc) is 3.23. The van der Waals surface area contributed by atoms with Crippen molar-refractivity contribution in [3.8, 4) is 5.75 Å². The Hall–Kier alpha value is -2.68. The Morgan fingerprint density at radius 3 is 2.72 bits per heavy atom. The molecule has 7 nitrogen and oxygen atoms in total. The van der Waals surface area contributed by atoms with E-state index in [0.29, 0.717) is 42.3 Å². The fourth-order valence-corrected chi connectivity index (χ4v) is 5.68. The number of amides is 1. The molecule has 0 fully saturated rings. The predicted octanol–water partition coefficient (Wildman–Crippen LogP) is 3.89. The highest BCUT2D eigenvalue weighted by molar-refractivity contribution is 7.89. The third-order valence-corrected chi connectivity index (χ3v) is 8.00. The molecule has 0 unspecified atom stereocenters. The van der Waals surface area contributed by atoms with E-state index in [-0.39, 0.29) is 17.4 Å². The Morgan fingerprint density at radius 2 is 1.97 bits per heavy atom. The van der Waals surface area contributed by atoms with Gasteiger partial charge in [0.2, 0.25) is 10.0 Å². The molecule has 32 heavy (non-hydrogen) atoms. The maximum absolute atomic E-state index is 12.9. The number of aromatic nitrogens is 1. The molecule has 2 aromatic carbocycles. The van der Waals surface area contributed by atoms with Gasteiger partial charge in [-0.25, -0.2) is 8.42 Å². The molecule has 0 saturated carbocycles. The first-order valence-corrected chi connectivity index (χ1v) is 12.3. The van der Waals surface area contributed by atoms with Gasteiger partial charge in [0, 0.05) is 36.9 Å². The van der Waals surface area contributed by atoms with Gasteiger partial charge in [0.25, 0.3) is 5.91 Å². The van der Waals surface area contributed by atoms with Gasteiger partial charge in [-0.3, -0.25) is 9.78 Å². The molecule has 168 valence electrons. The zero-order valence-electron chi connectivity index (χ0n) is 17.9. The molecule has 0 saturated heterocycles. The molecule has 1 aromatic heterocycles. The third kappa shape index (κ3) is 4.05.